The van der Waals surface area contributed by atoms with Gasteiger partial charge in [0, 0.05) is 19.7 Å². The molecule has 1 aromatic carbocycles. The number of hydrogen-bond acceptors (Lipinski definition) is 6. The fraction of sp³-hybridized carbons (Fsp3) is 0.435. The van der Waals surface area contributed by atoms with Crippen molar-refractivity contribution in [3.63, 3.8) is 0 Å². The van der Waals surface area contributed by atoms with E-state index in [1.165, 1.54) is 0 Å². The van der Waals surface area contributed by atoms with Crippen LogP contribution in [0.3, 0.4) is 0 Å². The first-order valence-electron chi connectivity index (χ1n) is 10.4. The highest BCUT2D eigenvalue weighted by molar-refractivity contribution is 5.93. The van der Waals surface area contributed by atoms with Gasteiger partial charge in [-0.25, -0.2) is 0 Å². The zero-order chi connectivity index (χ0) is 21.8. The van der Waals surface area contributed by atoms with Crippen molar-refractivity contribution in [2.45, 2.75) is 31.7 Å². The van der Waals surface area contributed by atoms with Gasteiger partial charge < -0.3 is 23.8 Å². The monoisotopic (exact) mass is 423 g/mol. The first-order valence-corrected chi connectivity index (χ1v) is 10.4. The highest BCUT2D eigenvalue weighted by Gasteiger charge is 2.67. The normalized spacial score (nSPS) is 28.3. The SMILES string of the molecule is COc1cccc(CN2C[C@]34C=C[C@H](O3)[C@@H](C(=O)N(C)Cc3cc(C)no3)[C@@H]4C2=O)c1. The lowest BCUT2D eigenvalue weighted by Crippen LogP contribution is -2.44. The Labute approximate surface area is 180 Å². The molecule has 31 heavy (non-hydrogen) atoms. The lowest BCUT2D eigenvalue weighted by Gasteiger charge is -2.27. The van der Waals surface area contributed by atoms with Crippen LogP contribution in [0.2, 0.25) is 0 Å². The summed E-state index contributed by atoms with van der Waals surface area (Å²) >= 11 is 0. The van der Waals surface area contributed by atoms with Gasteiger partial charge in [0.05, 0.1) is 43.8 Å². The third-order valence-corrected chi connectivity index (χ3v) is 6.42. The molecule has 1 spiro atoms. The molecule has 162 valence electrons. The molecule has 0 unspecified atom stereocenters. The minimum atomic E-state index is -0.732. The predicted octanol–water partition coefficient (Wildman–Crippen LogP) is 1.93. The van der Waals surface area contributed by atoms with E-state index in [0.717, 1.165) is 17.0 Å². The van der Waals surface area contributed by atoms with Gasteiger partial charge in [0.25, 0.3) is 0 Å². The van der Waals surface area contributed by atoms with Gasteiger partial charge in [0.2, 0.25) is 11.8 Å². The van der Waals surface area contributed by atoms with E-state index in [4.69, 9.17) is 14.0 Å². The number of fused-ring (bicyclic) bond motifs is 1. The summed E-state index contributed by atoms with van der Waals surface area (Å²) in [6.45, 7) is 3.02. The molecule has 0 N–H and O–H groups in total. The molecule has 4 atom stereocenters. The van der Waals surface area contributed by atoms with Crippen LogP contribution in [0.15, 0.2) is 47.0 Å². The molecule has 5 rings (SSSR count). The standard InChI is InChI=1S/C23H25N3O5/c1-14-9-17(31-24-14)12-25(2)21(27)19-18-7-8-23(30-18)13-26(22(28)20(19)23)11-15-5-4-6-16(10-15)29-3/h4-10,18-20H,11-13H2,1-3H3/t18-,19+,20+,23-/m0/s1. The van der Waals surface area contributed by atoms with Gasteiger partial charge in [0.1, 0.15) is 11.4 Å². The summed E-state index contributed by atoms with van der Waals surface area (Å²) in [4.78, 5) is 30.1. The second-order valence-electron chi connectivity index (χ2n) is 8.57. The molecule has 2 aromatic rings. The summed E-state index contributed by atoms with van der Waals surface area (Å²) in [5.41, 5.74) is 1.01. The first-order chi connectivity index (χ1) is 14.9. The average molecular weight is 423 g/mol. The summed E-state index contributed by atoms with van der Waals surface area (Å²) in [6.07, 6.45) is 3.52. The van der Waals surface area contributed by atoms with E-state index in [-0.39, 0.29) is 17.9 Å². The van der Waals surface area contributed by atoms with Crippen molar-refractivity contribution in [3.8, 4) is 5.75 Å². The molecular formula is C23H25N3O5. The van der Waals surface area contributed by atoms with Gasteiger partial charge >= 0.3 is 0 Å². The summed E-state index contributed by atoms with van der Waals surface area (Å²) in [7, 11) is 3.34. The molecule has 2 fully saturated rings. The maximum Gasteiger partial charge on any atom is 0.230 e. The van der Waals surface area contributed by atoms with E-state index in [9.17, 15) is 9.59 Å². The van der Waals surface area contributed by atoms with E-state index in [1.54, 1.807) is 30.0 Å². The third kappa shape index (κ3) is 3.22. The zero-order valence-corrected chi connectivity index (χ0v) is 17.8. The molecule has 8 heteroatoms. The van der Waals surface area contributed by atoms with E-state index in [2.05, 4.69) is 5.16 Å². The fourth-order valence-corrected chi connectivity index (χ4v) is 5.04. The van der Waals surface area contributed by atoms with Crippen LogP contribution in [0.4, 0.5) is 0 Å². The Bertz CT molecular complexity index is 1060. The van der Waals surface area contributed by atoms with Crippen LogP contribution in [-0.4, -0.2) is 59.2 Å². The molecule has 1 aromatic heterocycles. The highest BCUT2D eigenvalue weighted by atomic mass is 16.5. The lowest BCUT2D eigenvalue weighted by molar-refractivity contribution is -0.143. The number of nitrogens with zero attached hydrogens (tertiary/aromatic N) is 3. The number of aryl methyl sites for hydroxylation is 1. The minimum absolute atomic E-state index is 0.0445. The van der Waals surface area contributed by atoms with E-state index < -0.39 is 17.4 Å². The zero-order valence-electron chi connectivity index (χ0n) is 17.8. The second-order valence-corrected chi connectivity index (χ2v) is 8.57. The van der Waals surface area contributed by atoms with E-state index >= 15 is 0 Å². The Kier molecular flexibility index (Phi) is 4.62. The summed E-state index contributed by atoms with van der Waals surface area (Å²) in [5, 5.41) is 3.87. The Balaban J connectivity index is 1.35. The molecule has 2 bridgehead atoms. The summed E-state index contributed by atoms with van der Waals surface area (Å²) < 4.78 is 16.8. The van der Waals surface area contributed by atoms with E-state index in [1.807, 2.05) is 43.3 Å². The average Bonchev–Trinajstić information content (AvgIpc) is 3.50. The quantitative estimate of drug-likeness (QED) is 0.660. The molecule has 4 heterocycles. The van der Waals surface area contributed by atoms with Crippen LogP contribution < -0.4 is 4.74 Å². The molecule has 2 amide bonds. The second kappa shape index (κ2) is 7.23. The molecule has 8 nitrogen and oxygen atoms in total. The van der Waals surface area contributed by atoms with Crippen LogP contribution in [0.5, 0.6) is 5.75 Å². The van der Waals surface area contributed by atoms with Gasteiger partial charge in [-0.15, -0.1) is 0 Å². The molecule has 2 saturated heterocycles. The molecule has 3 aliphatic heterocycles. The van der Waals surface area contributed by atoms with Crippen LogP contribution >= 0.6 is 0 Å². The maximum atomic E-state index is 13.4. The van der Waals surface area contributed by atoms with Crippen LogP contribution in [0, 0.1) is 18.8 Å². The predicted molar refractivity (Wildman–Crippen MR) is 110 cm³/mol. The summed E-state index contributed by atoms with van der Waals surface area (Å²) in [6, 6.07) is 9.46. The largest absolute Gasteiger partial charge is 0.497 e. The van der Waals surface area contributed by atoms with Crippen LogP contribution in [-0.2, 0) is 27.4 Å². The number of rotatable bonds is 6. The highest BCUT2D eigenvalue weighted by Crippen LogP contribution is 2.52. The van der Waals surface area contributed by atoms with Crippen molar-refractivity contribution >= 4 is 11.8 Å². The number of carbonyl (C=O) groups is 2. The van der Waals surface area contributed by atoms with E-state index in [0.29, 0.717) is 25.4 Å². The first kappa shape index (κ1) is 19.8. The van der Waals surface area contributed by atoms with Gasteiger partial charge in [-0.3, -0.25) is 9.59 Å². The van der Waals surface area contributed by atoms with Crippen molar-refractivity contribution in [2.24, 2.45) is 11.8 Å². The van der Waals surface area contributed by atoms with Gasteiger partial charge in [-0.05, 0) is 24.6 Å². The Morgan fingerprint density at radius 3 is 2.97 bits per heavy atom. The van der Waals surface area contributed by atoms with Gasteiger partial charge in [0.15, 0.2) is 5.76 Å². The topological polar surface area (TPSA) is 85.1 Å². The number of benzene rings is 1. The fourth-order valence-electron chi connectivity index (χ4n) is 5.04. The van der Waals surface area contributed by atoms with Crippen molar-refractivity contribution in [3.05, 3.63) is 59.5 Å². The Morgan fingerprint density at radius 2 is 2.23 bits per heavy atom. The number of carbonyl (C=O) groups excluding carboxylic acids is 2. The van der Waals surface area contributed by atoms with Crippen LogP contribution in [0.25, 0.3) is 0 Å². The summed E-state index contributed by atoms with van der Waals surface area (Å²) in [5.74, 6) is 0.141. The Hall–Kier alpha value is -3.13. The van der Waals surface area contributed by atoms with Crippen molar-refractivity contribution < 1.29 is 23.6 Å². The number of ether oxygens (including phenoxy) is 2. The minimum Gasteiger partial charge on any atom is -0.497 e. The smallest absolute Gasteiger partial charge is 0.230 e. The van der Waals surface area contributed by atoms with Crippen molar-refractivity contribution in [1.29, 1.82) is 0 Å². The molecule has 0 radical (unpaired) electrons. The molecule has 3 aliphatic rings. The third-order valence-electron chi connectivity index (χ3n) is 6.42. The molecular weight excluding hydrogens is 398 g/mol. The maximum absolute atomic E-state index is 13.4. The number of methoxy groups -OCH3 is 1. The number of amides is 2. The number of hydrogen-bond donors (Lipinski definition) is 0. The van der Waals surface area contributed by atoms with Gasteiger partial charge in [-0.2, -0.15) is 0 Å². The van der Waals surface area contributed by atoms with Crippen LogP contribution in [0.1, 0.15) is 17.0 Å². The van der Waals surface area contributed by atoms with Gasteiger partial charge in [-0.1, -0.05) is 29.4 Å². The lowest BCUT2D eigenvalue weighted by atomic mass is 9.76. The molecule has 0 saturated carbocycles. The Morgan fingerprint density at radius 1 is 1.39 bits per heavy atom. The number of aromatic nitrogens is 1. The number of likely N-dealkylation sites (tertiary alicyclic amines) is 1. The molecule has 0 aliphatic carbocycles. The van der Waals surface area contributed by atoms with Crippen molar-refractivity contribution in [1.82, 2.24) is 15.0 Å². The van der Waals surface area contributed by atoms with Crippen molar-refractivity contribution in [2.75, 3.05) is 20.7 Å².